The van der Waals surface area contributed by atoms with Crippen LogP contribution in [0.15, 0.2) is 40.6 Å². The Bertz CT molecular complexity index is 860. The van der Waals surface area contributed by atoms with Crippen molar-refractivity contribution in [1.29, 1.82) is 0 Å². The number of benzene rings is 1. The van der Waals surface area contributed by atoms with Crippen LogP contribution >= 0.6 is 11.3 Å². The number of hydrogen-bond acceptors (Lipinski definition) is 5. The molecule has 1 aliphatic heterocycles. The number of fused-ring (bicyclic) bond motifs is 1. The first-order valence-electron chi connectivity index (χ1n) is 7.41. The number of amides is 1. The first-order valence-corrected chi connectivity index (χ1v) is 9.73. The zero-order valence-corrected chi connectivity index (χ0v) is 15.1. The molecule has 6 nitrogen and oxygen atoms in total. The molecular weight excluding hydrogens is 348 g/mol. The molecule has 0 saturated heterocycles. The highest BCUT2D eigenvalue weighted by molar-refractivity contribution is 7.89. The Labute approximate surface area is 145 Å². The van der Waals surface area contributed by atoms with E-state index in [0.29, 0.717) is 18.7 Å². The second-order valence-electron chi connectivity index (χ2n) is 5.47. The molecule has 0 fully saturated rings. The van der Waals surface area contributed by atoms with Crippen LogP contribution in [-0.4, -0.2) is 44.4 Å². The summed E-state index contributed by atoms with van der Waals surface area (Å²) in [7, 11) is -1.18. The van der Waals surface area contributed by atoms with Gasteiger partial charge in [0.05, 0.1) is 12.0 Å². The standard InChI is InChI=1S/C16H18N2O4S2/c1-17(22-2)24(20,21)14-5-3-4-12(10-14)16(19)18-8-6-15-13(11-18)7-9-23-15/h3-5,7,9-10H,6,8,11H2,1-2H3. The number of rotatable bonds is 4. The Morgan fingerprint density at radius 3 is 2.88 bits per heavy atom. The average Bonchev–Trinajstić information content (AvgIpc) is 3.08. The van der Waals surface area contributed by atoms with Crippen molar-refractivity contribution < 1.29 is 18.0 Å². The van der Waals surface area contributed by atoms with Gasteiger partial charge in [-0.25, -0.2) is 8.42 Å². The first kappa shape index (κ1) is 17.1. The normalized spacial score (nSPS) is 14.7. The largest absolute Gasteiger partial charge is 0.334 e. The van der Waals surface area contributed by atoms with Crippen molar-refractivity contribution in [3.8, 4) is 0 Å². The number of hydroxylamine groups is 1. The zero-order chi connectivity index (χ0) is 17.3. The van der Waals surface area contributed by atoms with E-state index in [2.05, 4.69) is 0 Å². The van der Waals surface area contributed by atoms with E-state index in [0.717, 1.165) is 10.9 Å². The van der Waals surface area contributed by atoms with Gasteiger partial charge < -0.3 is 4.90 Å². The maximum Gasteiger partial charge on any atom is 0.264 e. The van der Waals surface area contributed by atoms with Crippen LogP contribution in [0.3, 0.4) is 0 Å². The van der Waals surface area contributed by atoms with Gasteiger partial charge in [0.25, 0.3) is 15.9 Å². The Morgan fingerprint density at radius 1 is 1.33 bits per heavy atom. The second-order valence-corrected chi connectivity index (χ2v) is 8.41. The molecule has 0 unspecified atom stereocenters. The van der Waals surface area contributed by atoms with Crippen LogP contribution in [0, 0.1) is 0 Å². The predicted molar refractivity (Wildman–Crippen MR) is 91.2 cm³/mol. The highest BCUT2D eigenvalue weighted by Crippen LogP contribution is 2.25. The van der Waals surface area contributed by atoms with E-state index in [1.807, 2.05) is 11.4 Å². The third-order valence-electron chi connectivity index (χ3n) is 4.07. The Hall–Kier alpha value is -1.74. The van der Waals surface area contributed by atoms with E-state index in [9.17, 15) is 13.2 Å². The predicted octanol–water partition coefficient (Wildman–Crippen LogP) is 2.13. The van der Waals surface area contributed by atoms with Crippen LogP contribution < -0.4 is 0 Å². The molecule has 1 amide bonds. The summed E-state index contributed by atoms with van der Waals surface area (Å²) in [6, 6.07) is 8.10. The van der Waals surface area contributed by atoms with Crippen LogP contribution in [-0.2, 0) is 27.8 Å². The molecule has 0 saturated carbocycles. The minimum absolute atomic E-state index is 0.0333. The highest BCUT2D eigenvalue weighted by atomic mass is 32.2. The number of carbonyl (C=O) groups excluding carboxylic acids is 1. The highest BCUT2D eigenvalue weighted by Gasteiger charge is 2.25. The summed E-state index contributed by atoms with van der Waals surface area (Å²) < 4.78 is 25.4. The number of carbonyl (C=O) groups is 1. The smallest absolute Gasteiger partial charge is 0.264 e. The van der Waals surface area contributed by atoms with Gasteiger partial charge >= 0.3 is 0 Å². The molecule has 0 radical (unpaired) electrons. The molecule has 0 aliphatic carbocycles. The fourth-order valence-corrected chi connectivity index (χ4v) is 4.55. The van der Waals surface area contributed by atoms with Crippen LogP contribution in [0.5, 0.6) is 0 Å². The SMILES string of the molecule is CON(C)S(=O)(=O)c1cccc(C(=O)N2CCc3sccc3C2)c1. The van der Waals surface area contributed by atoms with Crippen molar-refractivity contribution in [3.05, 3.63) is 51.7 Å². The van der Waals surface area contributed by atoms with Gasteiger partial charge in [0.1, 0.15) is 0 Å². The third kappa shape index (κ3) is 3.10. The molecule has 24 heavy (non-hydrogen) atoms. The fraction of sp³-hybridized carbons (Fsp3) is 0.312. The lowest BCUT2D eigenvalue weighted by molar-refractivity contribution is -0.0258. The van der Waals surface area contributed by atoms with Crippen molar-refractivity contribution >= 4 is 27.3 Å². The van der Waals surface area contributed by atoms with Gasteiger partial charge in [-0.3, -0.25) is 9.63 Å². The quantitative estimate of drug-likeness (QED) is 0.778. The summed E-state index contributed by atoms with van der Waals surface area (Å²) in [5.74, 6) is -0.163. The van der Waals surface area contributed by atoms with Crippen LogP contribution in [0.25, 0.3) is 0 Å². The monoisotopic (exact) mass is 366 g/mol. The molecule has 128 valence electrons. The Kier molecular flexibility index (Phi) is 4.73. The van der Waals surface area contributed by atoms with E-state index < -0.39 is 10.0 Å². The van der Waals surface area contributed by atoms with Crippen molar-refractivity contribution in [2.45, 2.75) is 17.9 Å². The molecule has 0 spiro atoms. The van der Waals surface area contributed by atoms with Crippen LogP contribution in [0.4, 0.5) is 0 Å². The zero-order valence-electron chi connectivity index (χ0n) is 13.4. The van der Waals surface area contributed by atoms with Crippen molar-refractivity contribution in [2.24, 2.45) is 0 Å². The maximum atomic E-state index is 12.7. The summed E-state index contributed by atoms with van der Waals surface area (Å²) in [6.07, 6.45) is 0.836. The fourth-order valence-electron chi connectivity index (χ4n) is 2.64. The van der Waals surface area contributed by atoms with E-state index in [1.54, 1.807) is 28.4 Å². The van der Waals surface area contributed by atoms with Crippen molar-refractivity contribution in [1.82, 2.24) is 9.37 Å². The second kappa shape index (κ2) is 6.64. The Balaban J connectivity index is 1.86. The van der Waals surface area contributed by atoms with Crippen LogP contribution in [0.2, 0.25) is 0 Å². The summed E-state index contributed by atoms with van der Waals surface area (Å²) in [5.41, 5.74) is 1.53. The van der Waals surface area contributed by atoms with E-state index in [1.165, 1.54) is 36.7 Å². The minimum Gasteiger partial charge on any atom is -0.334 e. The third-order valence-corrected chi connectivity index (χ3v) is 6.77. The first-order chi connectivity index (χ1) is 11.4. The molecule has 0 bridgehead atoms. The van der Waals surface area contributed by atoms with Gasteiger partial charge in [0, 0.05) is 30.6 Å². The summed E-state index contributed by atoms with van der Waals surface area (Å²) in [6.45, 7) is 1.20. The van der Waals surface area contributed by atoms with E-state index in [4.69, 9.17) is 4.84 Å². The lowest BCUT2D eigenvalue weighted by Crippen LogP contribution is -2.35. The average molecular weight is 366 g/mol. The van der Waals surface area contributed by atoms with Gasteiger partial charge in [0.15, 0.2) is 0 Å². The lowest BCUT2D eigenvalue weighted by Gasteiger charge is -2.27. The van der Waals surface area contributed by atoms with E-state index >= 15 is 0 Å². The minimum atomic E-state index is -3.77. The molecule has 3 rings (SSSR count). The summed E-state index contributed by atoms with van der Waals surface area (Å²) in [4.78, 5) is 20.6. The molecule has 1 aromatic heterocycles. The maximum absolute atomic E-state index is 12.7. The van der Waals surface area contributed by atoms with Crippen molar-refractivity contribution in [3.63, 3.8) is 0 Å². The van der Waals surface area contributed by atoms with Gasteiger partial charge in [-0.2, -0.15) is 0 Å². The van der Waals surface area contributed by atoms with Crippen molar-refractivity contribution in [2.75, 3.05) is 20.7 Å². The molecule has 0 atom stereocenters. The van der Waals surface area contributed by atoms with Crippen LogP contribution in [0.1, 0.15) is 20.8 Å². The number of sulfonamides is 1. The molecular formula is C16H18N2O4S2. The summed E-state index contributed by atoms with van der Waals surface area (Å²) >= 11 is 1.71. The van der Waals surface area contributed by atoms with Gasteiger partial charge in [-0.05, 0) is 41.6 Å². The topological polar surface area (TPSA) is 66.9 Å². The Morgan fingerprint density at radius 2 is 2.12 bits per heavy atom. The molecule has 8 heteroatoms. The van der Waals surface area contributed by atoms with E-state index in [-0.39, 0.29) is 10.8 Å². The number of hydrogen-bond donors (Lipinski definition) is 0. The molecule has 1 aromatic carbocycles. The lowest BCUT2D eigenvalue weighted by atomic mass is 10.1. The molecule has 2 aromatic rings. The van der Waals surface area contributed by atoms with Gasteiger partial charge in [-0.15, -0.1) is 11.3 Å². The van der Waals surface area contributed by atoms with Gasteiger partial charge in [0.2, 0.25) is 0 Å². The number of nitrogens with zero attached hydrogens (tertiary/aromatic N) is 2. The number of thiophene rings is 1. The van der Waals surface area contributed by atoms with Gasteiger partial charge in [-0.1, -0.05) is 10.5 Å². The molecule has 0 N–H and O–H groups in total. The molecule has 1 aliphatic rings. The molecule has 2 heterocycles. The summed E-state index contributed by atoms with van der Waals surface area (Å²) in [5, 5.41) is 2.03.